The van der Waals surface area contributed by atoms with Crippen LogP contribution in [0.4, 0.5) is 0 Å². The van der Waals surface area contributed by atoms with Crippen molar-refractivity contribution >= 4 is 18.5 Å². The number of unbranched alkanes of at least 4 members (excludes halogenated alkanes) is 6. The lowest BCUT2D eigenvalue weighted by molar-refractivity contribution is 0.678. The third kappa shape index (κ3) is 8.96. The van der Waals surface area contributed by atoms with Crippen LogP contribution in [0, 0.1) is 0 Å². The monoisotopic (exact) mass is 352 g/mol. The Labute approximate surface area is 150 Å². The van der Waals surface area contributed by atoms with E-state index in [1.165, 1.54) is 75.1 Å². The summed E-state index contributed by atoms with van der Waals surface area (Å²) in [6.07, 6.45) is 10.8. The molecule has 0 aliphatic rings. The van der Waals surface area contributed by atoms with Crippen LogP contribution in [0.1, 0.15) is 83.6 Å². The average Bonchev–Trinajstić information content (AvgIpc) is 2.57. The number of rotatable bonds is 13. The van der Waals surface area contributed by atoms with Crippen LogP contribution in [-0.2, 0) is 0 Å². The molecule has 1 rings (SSSR count). The number of hydrogen-bond acceptors (Lipinski definition) is 0. The molecule has 0 radical (unpaired) electrons. The average molecular weight is 353 g/mol. The van der Waals surface area contributed by atoms with Gasteiger partial charge in [0.25, 0.3) is 0 Å². The summed E-state index contributed by atoms with van der Waals surface area (Å²) in [5.74, 6) is 0.609. The Morgan fingerprint density at radius 2 is 1.35 bits per heavy atom. The minimum absolute atomic E-state index is 0.609. The Kier molecular flexibility index (Phi) is 11.0. The molecule has 1 atom stereocenters. The molecule has 0 nitrogen and oxygen atoms in total. The van der Waals surface area contributed by atoms with Gasteiger partial charge in [-0.1, -0.05) is 102 Å². The van der Waals surface area contributed by atoms with Gasteiger partial charge in [-0.3, -0.25) is 0 Å². The second-order valence-electron chi connectivity index (χ2n) is 7.29. The number of halogens is 1. The van der Waals surface area contributed by atoms with Crippen molar-refractivity contribution in [2.75, 3.05) is 0 Å². The van der Waals surface area contributed by atoms with Gasteiger partial charge in [0, 0.05) is 0 Å². The molecule has 0 aliphatic carbocycles. The SMILES string of the molecule is CCCCCC[Si](Cl)(CCCCCC)C[C@H](C)c1ccccc1. The normalized spacial score (nSPS) is 13.2. The van der Waals surface area contributed by atoms with Gasteiger partial charge in [-0.25, -0.2) is 0 Å². The van der Waals surface area contributed by atoms with Crippen molar-refractivity contribution in [3.63, 3.8) is 0 Å². The van der Waals surface area contributed by atoms with E-state index in [0.717, 1.165) is 0 Å². The van der Waals surface area contributed by atoms with Crippen molar-refractivity contribution in [2.24, 2.45) is 0 Å². The molecule has 2 heteroatoms. The minimum atomic E-state index is -1.62. The topological polar surface area (TPSA) is 0 Å². The van der Waals surface area contributed by atoms with Crippen LogP contribution >= 0.6 is 11.1 Å². The van der Waals surface area contributed by atoms with Crippen molar-refractivity contribution in [3.05, 3.63) is 35.9 Å². The lowest BCUT2D eigenvalue weighted by Gasteiger charge is -2.28. The molecule has 1 aromatic carbocycles. The van der Waals surface area contributed by atoms with E-state index in [2.05, 4.69) is 51.1 Å². The van der Waals surface area contributed by atoms with Gasteiger partial charge in [0.1, 0.15) is 0 Å². The van der Waals surface area contributed by atoms with Crippen molar-refractivity contribution in [2.45, 2.75) is 96.2 Å². The van der Waals surface area contributed by atoms with Crippen molar-refractivity contribution in [3.8, 4) is 0 Å². The van der Waals surface area contributed by atoms with Crippen LogP contribution in [0.5, 0.6) is 0 Å². The third-order valence-corrected chi connectivity index (χ3v) is 10.4. The van der Waals surface area contributed by atoms with Gasteiger partial charge in [0.05, 0.1) is 0 Å². The van der Waals surface area contributed by atoms with Crippen molar-refractivity contribution < 1.29 is 0 Å². The van der Waals surface area contributed by atoms with E-state index < -0.39 is 7.38 Å². The second-order valence-corrected chi connectivity index (χ2v) is 13.4. The maximum atomic E-state index is 7.28. The van der Waals surface area contributed by atoms with Gasteiger partial charge in [0.2, 0.25) is 0 Å². The molecule has 1 aromatic rings. The summed E-state index contributed by atoms with van der Waals surface area (Å²) in [5.41, 5.74) is 1.46. The van der Waals surface area contributed by atoms with E-state index in [0.29, 0.717) is 5.92 Å². The molecule has 0 N–H and O–H groups in total. The lowest BCUT2D eigenvalue weighted by atomic mass is 10.0. The van der Waals surface area contributed by atoms with Crippen LogP contribution in [0.25, 0.3) is 0 Å². The number of benzene rings is 1. The Bertz CT molecular complexity index is 378. The quantitative estimate of drug-likeness (QED) is 0.191. The predicted octanol–water partition coefficient (Wildman–Crippen LogP) is 8.14. The summed E-state index contributed by atoms with van der Waals surface area (Å²) in [5, 5.41) is 0. The van der Waals surface area contributed by atoms with E-state index in [-0.39, 0.29) is 0 Å². The Morgan fingerprint density at radius 1 is 0.826 bits per heavy atom. The maximum absolute atomic E-state index is 7.28. The smallest absolute Gasteiger partial charge is 0.157 e. The van der Waals surface area contributed by atoms with Gasteiger partial charge in [-0.2, -0.15) is 11.1 Å². The van der Waals surface area contributed by atoms with E-state index in [9.17, 15) is 0 Å². The minimum Gasteiger partial charge on any atom is -0.167 e. The van der Waals surface area contributed by atoms with E-state index in [4.69, 9.17) is 11.1 Å². The van der Waals surface area contributed by atoms with E-state index in [1.54, 1.807) is 0 Å². The zero-order valence-corrected chi connectivity index (χ0v) is 17.4. The fourth-order valence-corrected chi connectivity index (χ4v) is 8.77. The highest BCUT2D eigenvalue weighted by atomic mass is 35.6. The summed E-state index contributed by atoms with van der Waals surface area (Å²) in [7, 11) is -1.62. The van der Waals surface area contributed by atoms with Crippen molar-refractivity contribution in [1.29, 1.82) is 0 Å². The first-order chi connectivity index (χ1) is 11.1. The molecule has 0 aromatic heterocycles. The highest BCUT2D eigenvalue weighted by Crippen LogP contribution is 2.37. The second kappa shape index (κ2) is 12.1. The molecule has 132 valence electrons. The fraction of sp³-hybridized carbons (Fsp3) is 0.714. The first kappa shape index (κ1) is 20.8. The molecule has 0 saturated heterocycles. The van der Waals surface area contributed by atoms with Crippen LogP contribution < -0.4 is 0 Å². The van der Waals surface area contributed by atoms with Crippen LogP contribution in [0.15, 0.2) is 30.3 Å². The summed E-state index contributed by atoms with van der Waals surface area (Å²) >= 11 is 7.28. The molecule has 0 saturated carbocycles. The molecule has 0 heterocycles. The Hall–Kier alpha value is -0.273. The van der Waals surface area contributed by atoms with Crippen LogP contribution in [0.3, 0.4) is 0 Å². The molecular weight excluding hydrogens is 316 g/mol. The predicted molar refractivity (Wildman–Crippen MR) is 109 cm³/mol. The van der Waals surface area contributed by atoms with Crippen LogP contribution in [-0.4, -0.2) is 7.38 Å². The van der Waals surface area contributed by atoms with E-state index in [1.807, 2.05) is 0 Å². The molecule has 0 aliphatic heterocycles. The van der Waals surface area contributed by atoms with Crippen LogP contribution in [0.2, 0.25) is 18.1 Å². The zero-order valence-electron chi connectivity index (χ0n) is 15.6. The van der Waals surface area contributed by atoms with Gasteiger partial charge in [-0.05, 0) is 29.6 Å². The molecule has 0 unspecified atom stereocenters. The fourth-order valence-electron chi connectivity index (χ4n) is 3.51. The molecule has 0 spiro atoms. The molecule has 0 bridgehead atoms. The Morgan fingerprint density at radius 3 is 1.83 bits per heavy atom. The molecule has 0 fully saturated rings. The highest BCUT2D eigenvalue weighted by molar-refractivity contribution is 7.20. The summed E-state index contributed by atoms with van der Waals surface area (Å²) < 4.78 is 0. The van der Waals surface area contributed by atoms with Gasteiger partial charge in [0.15, 0.2) is 7.38 Å². The third-order valence-electron chi connectivity index (χ3n) is 5.00. The lowest BCUT2D eigenvalue weighted by Crippen LogP contribution is -2.28. The van der Waals surface area contributed by atoms with Crippen molar-refractivity contribution in [1.82, 2.24) is 0 Å². The summed E-state index contributed by atoms with van der Waals surface area (Å²) in [6, 6.07) is 14.8. The van der Waals surface area contributed by atoms with Gasteiger partial charge >= 0.3 is 0 Å². The highest BCUT2D eigenvalue weighted by Gasteiger charge is 2.31. The standard InChI is InChI=1S/C21H37ClSi/c1-4-6-8-13-17-23(22,18-14-9-7-5-2)19-20(3)21-15-11-10-12-16-21/h10-12,15-16,20H,4-9,13-14,17-19H2,1-3H3/t20-/m0/s1. The first-order valence-corrected chi connectivity index (χ1v) is 13.5. The zero-order chi connectivity index (χ0) is 17.0. The van der Waals surface area contributed by atoms with Gasteiger partial charge < -0.3 is 0 Å². The largest absolute Gasteiger partial charge is 0.167 e. The van der Waals surface area contributed by atoms with Gasteiger partial charge in [-0.15, -0.1) is 0 Å². The molecule has 0 amide bonds. The van der Waals surface area contributed by atoms with E-state index >= 15 is 0 Å². The first-order valence-electron chi connectivity index (χ1n) is 9.85. The number of hydrogen-bond donors (Lipinski definition) is 0. The molecular formula is C21H37ClSi. The Balaban J connectivity index is 2.57. The maximum Gasteiger partial charge on any atom is 0.157 e. The summed E-state index contributed by atoms with van der Waals surface area (Å²) in [6.45, 7) is 6.94. The molecule has 23 heavy (non-hydrogen) atoms. The summed E-state index contributed by atoms with van der Waals surface area (Å²) in [4.78, 5) is 0.